The highest BCUT2D eigenvalue weighted by molar-refractivity contribution is 14.1. The second kappa shape index (κ2) is 3.29. The lowest BCUT2D eigenvalue weighted by Crippen LogP contribution is -2.01. The van der Waals surface area contributed by atoms with Gasteiger partial charge >= 0.3 is 0 Å². The lowest BCUT2D eigenvalue weighted by Gasteiger charge is -1.97. The van der Waals surface area contributed by atoms with Crippen LogP contribution in [0.5, 0.6) is 0 Å². The van der Waals surface area contributed by atoms with Gasteiger partial charge in [0.15, 0.2) is 0 Å². The fourth-order valence-corrected chi connectivity index (χ4v) is 1.15. The standard InChI is InChI=1S/C7H6IN5/c8-5-3-10-7(11-4-5)13-2-1-6(9)12-13/h1-4H,(H2,9,12). The molecule has 0 spiro atoms. The van der Waals surface area contributed by atoms with E-state index in [1.54, 1.807) is 24.7 Å². The summed E-state index contributed by atoms with van der Waals surface area (Å²) in [4.78, 5) is 8.18. The third-order valence-electron chi connectivity index (χ3n) is 1.42. The first-order chi connectivity index (χ1) is 6.25. The maximum absolute atomic E-state index is 5.46. The molecular formula is C7H6IN5. The zero-order chi connectivity index (χ0) is 9.26. The van der Waals surface area contributed by atoms with Crippen LogP contribution in [0.1, 0.15) is 0 Å². The molecule has 5 nitrogen and oxygen atoms in total. The van der Waals surface area contributed by atoms with Crippen LogP contribution in [0, 0.1) is 3.57 Å². The predicted molar refractivity (Wildman–Crippen MR) is 56.3 cm³/mol. The molecule has 0 amide bonds. The van der Waals surface area contributed by atoms with Gasteiger partial charge in [-0.05, 0) is 22.6 Å². The molecule has 0 aliphatic carbocycles. The lowest BCUT2D eigenvalue weighted by molar-refractivity contribution is 0.810. The highest BCUT2D eigenvalue weighted by Crippen LogP contribution is 2.04. The minimum atomic E-state index is 0.460. The average Bonchev–Trinajstić information content (AvgIpc) is 2.53. The number of anilines is 1. The van der Waals surface area contributed by atoms with Crippen molar-refractivity contribution in [2.45, 2.75) is 0 Å². The van der Waals surface area contributed by atoms with Crippen LogP contribution in [-0.2, 0) is 0 Å². The SMILES string of the molecule is Nc1ccn(-c2ncc(I)cn2)n1. The first-order valence-electron chi connectivity index (χ1n) is 3.55. The van der Waals surface area contributed by atoms with E-state index in [1.165, 1.54) is 4.68 Å². The monoisotopic (exact) mass is 287 g/mol. The van der Waals surface area contributed by atoms with Crippen LogP contribution < -0.4 is 5.73 Å². The Morgan fingerprint density at radius 2 is 2.00 bits per heavy atom. The first-order valence-corrected chi connectivity index (χ1v) is 4.62. The Balaban J connectivity index is 2.41. The summed E-state index contributed by atoms with van der Waals surface area (Å²) in [5.41, 5.74) is 5.46. The number of hydrogen-bond acceptors (Lipinski definition) is 4. The molecule has 13 heavy (non-hydrogen) atoms. The Kier molecular flexibility index (Phi) is 2.13. The number of aromatic nitrogens is 4. The van der Waals surface area contributed by atoms with Crippen LogP contribution in [0.4, 0.5) is 5.82 Å². The fourth-order valence-electron chi connectivity index (χ4n) is 0.873. The Bertz CT molecular complexity index is 407. The quantitative estimate of drug-likeness (QED) is 0.789. The topological polar surface area (TPSA) is 69.6 Å². The Hall–Kier alpha value is -1.18. The third-order valence-corrected chi connectivity index (χ3v) is 1.98. The normalized spacial score (nSPS) is 10.2. The molecule has 0 saturated carbocycles. The molecule has 2 aromatic rings. The molecule has 6 heteroatoms. The van der Waals surface area contributed by atoms with E-state index in [9.17, 15) is 0 Å². The number of halogens is 1. The van der Waals surface area contributed by atoms with Gasteiger partial charge < -0.3 is 5.73 Å². The van der Waals surface area contributed by atoms with Crippen LogP contribution in [0.15, 0.2) is 24.7 Å². The van der Waals surface area contributed by atoms with Crippen molar-refractivity contribution in [1.29, 1.82) is 0 Å². The summed E-state index contributed by atoms with van der Waals surface area (Å²) in [5.74, 6) is 0.985. The van der Waals surface area contributed by atoms with Crippen molar-refractivity contribution in [3.05, 3.63) is 28.2 Å². The van der Waals surface area contributed by atoms with E-state index < -0.39 is 0 Å². The minimum Gasteiger partial charge on any atom is -0.382 e. The zero-order valence-corrected chi connectivity index (χ0v) is 8.71. The van der Waals surface area contributed by atoms with E-state index in [-0.39, 0.29) is 0 Å². The third kappa shape index (κ3) is 1.77. The van der Waals surface area contributed by atoms with Gasteiger partial charge in [0.25, 0.3) is 5.95 Å². The second-order valence-corrected chi connectivity index (χ2v) is 3.63. The Labute approximate surface area is 88.1 Å². The van der Waals surface area contributed by atoms with Gasteiger partial charge in [-0.3, -0.25) is 0 Å². The summed E-state index contributed by atoms with van der Waals surface area (Å²) in [7, 11) is 0. The predicted octanol–water partition coefficient (Wildman–Crippen LogP) is 0.849. The molecule has 2 N–H and O–H groups in total. The molecule has 2 rings (SSSR count). The van der Waals surface area contributed by atoms with E-state index in [0.717, 1.165) is 3.57 Å². The van der Waals surface area contributed by atoms with Crippen LogP contribution >= 0.6 is 22.6 Å². The number of rotatable bonds is 1. The van der Waals surface area contributed by atoms with Crippen molar-refractivity contribution in [3.8, 4) is 5.95 Å². The summed E-state index contributed by atoms with van der Waals surface area (Å²) < 4.78 is 2.52. The lowest BCUT2D eigenvalue weighted by atomic mass is 10.6. The van der Waals surface area contributed by atoms with Crippen molar-refractivity contribution >= 4 is 28.4 Å². The van der Waals surface area contributed by atoms with Crippen molar-refractivity contribution in [3.63, 3.8) is 0 Å². The summed E-state index contributed by atoms with van der Waals surface area (Å²) in [6.45, 7) is 0. The summed E-state index contributed by atoms with van der Waals surface area (Å²) in [6.07, 6.45) is 5.17. The molecule has 0 aliphatic rings. The molecule has 2 heterocycles. The molecule has 0 fully saturated rings. The summed E-state index contributed by atoms with van der Waals surface area (Å²) in [5, 5.41) is 3.98. The molecule has 0 aromatic carbocycles. The highest BCUT2D eigenvalue weighted by atomic mass is 127. The molecule has 0 saturated heterocycles. The molecular weight excluding hydrogens is 281 g/mol. The van der Waals surface area contributed by atoms with Gasteiger partial charge in [0.2, 0.25) is 0 Å². The van der Waals surface area contributed by atoms with Gasteiger partial charge in [-0.25, -0.2) is 14.6 Å². The second-order valence-electron chi connectivity index (χ2n) is 2.39. The summed E-state index contributed by atoms with van der Waals surface area (Å²) in [6, 6.07) is 1.70. The largest absolute Gasteiger partial charge is 0.382 e. The van der Waals surface area contributed by atoms with E-state index in [1.807, 2.05) is 0 Å². The molecule has 0 atom stereocenters. The van der Waals surface area contributed by atoms with E-state index in [4.69, 9.17) is 5.73 Å². The van der Waals surface area contributed by atoms with E-state index in [2.05, 4.69) is 37.7 Å². The average molecular weight is 287 g/mol. The number of hydrogen-bond donors (Lipinski definition) is 1. The van der Waals surface area contributed by atoms with Gasteiger partial charge in [0.05, 0.1) is 0 Å². The van der Waals surface area contributed by atoms with Gasteiger partial charge in [-0.1, -0.05) is 0 Å². The molecule has 0 bridgehead atoms. The fraction of sp³-hybridized carbons (Fsp3) is 0. The van der Waals surface area contributed by atoms with Crippen molar-refractivity contribution in [1.82, 2.24) is 19.7 Å². The van der Waals surface area contributed by atoms with Crippen molar-refractivity contribution in [2.75, 3.05) is 5.73 Å². The highest BCUT2D eigenvalue weighted by Gasteiger charge is 2.00. The van der Waals surface area contributed by atoms with E-state index in [0.29, 0.717) is 11.8 Å². The van der Waals surface area contributed by atoms with Crippen molar-refractivity contribution in [2.24, 2.45) is 0 Å². The first kappa shape index (κ1) is 8.42. The van der Waals surface area contributed by atoms with E-state index >= 15 is 0 Å². The minimum absolute atomic E-state index is 0.460. The molecule has 0 unspecified atom stereocenters. The number of nitrogens with two attached hydrogens (primary N) is 1. The van der Waals surface area contributed by atoms with Crippen molar-refractivity contribution < 1.29 is 0 Å². The van der Waals surface area contributed by atoms with Crippen LogP contribution in [0.3, 0.4) is 0 Å². The molecule has 66 valence electrons. The molecule has 0 aliphatic heterocycles. The molecule has 2 aromatic heterocycles. The molecule has 0 radical (unpaired) electrons. The number of nitrogens with zero attached hydrogens (tertiary/aromatic N) is 4. The Morgan fingerprint density at radius 3 is 2.54 bits per heavy atom. The maximum Gasteiger partial charge on any atom is 0.250 e. The van der Waals surface area contributed by atoms with Gasteiger partial charge in [0.1, 0.15) is 5.82 Å². The van der Waals surface area contributed by atoms with Crippen LogP contribution in [0.2, 0.25) is 0 Å². The smallest absolute Gasteiger partial charge is 0.250 e. The summed E-state index contributed by atoms with van der Waals surface area (Å²) >= 11 is 2.14. The number of nitrogen functional groups attached to an aromatic ring is 1. The zero-order valence-electron chi connectivity index (χ0n) is 6.55. The maximum atomic E-state index is 5.46. The Morgan fingerprint density at radius 1 is 1.31 bits per heavy atom. The van der Waals surface area contributed by atoms with Crippen LogP contribution in [-0.4, -0.2) is 19.7 Å². The van der Waals surface area contributed by atoms with Gasteiger partial charge in [0, 0.05) is 28.2 Å². The van der Waals surface area contributed by atoms with Gasteiger partial charge in [-0.15, -0.1) is 5.10 Å². The van der Waals surface area contributed by atoms with Crippen LogP contribution in [0.25, 0.3) is 5.95 Å². The van der Waals surface area contributed by atoms with Gasteiger partial charge in [-0.2, -0.15) is 0 Å².